The summed E-state index contributed by atoms with van der Waals surface area (Å²) in [7, 11) is 0. The molecule has 2 N–H and O–H groups in total. The summed E-state index contributed by atoms with van der Waals surface area (Å²) in [6, 6.07) is 5.51. The Bertz CT molecular complexity index is 413. The van der Waals surface area contributed by atoms with Gasteiger partial charge in [0.1, 0.15) is 11.0 Å². The molecule has 2 rings (SSSR count). The van der Waals surface area contributed by atoms with Gasteiger partial charge in [-0.15, -0.1) is 0 Å². The van der Waals surface area contributed by atoms with Crippen molar-refractivity contribution in [3.8, 4) is 0 Å². The maximum Gasteiger partial charge on any atom is 0.131 e. The molecule has 0 unspecified atom stereocenters. The van der Waals surface area contributed by atoms with Gasteiger partial charge >= 0.3 is 0 Å². The number of H-pyrrole nitrogens is 1. The number of anilines is 1. The molecule has 0 aromatic carbocycles. The summed E-state index contributed by atoms with van der Waals surface area (Å²) in [5, 5.41) is 3.68. The van der Waals surface area contributed by atoms with Gasteiger partial charge in [-0.25, -0.2) is 9.97 Å². The Labute approximate surface area is 92.7 Å². The standard InChI is InChI=1S/C10H11ClN4/c11-9-2-1-3-10(15-9)13-5-4-8-6-12-7-14-8/h1-3,6-7H,4-5H2,(H,12,14)(H,13,15). The third kappa shape index (κ3) is 2.95. The number of aromatic amines is 1. The number of aromatic nitrogens is 3. The van der Waals surface area contributed by atoms with E-state index in [1.54, 1.807) is 12.4 Å². The quantitative estimate of drug-likeness (QED) is 0.780. The van der Waals surface area contributed by atoms with E-state index < -0.39 is 0 Å². The van der Waals surface area contributed by atoms with Gasteiger partial charge in [-0.05, 0) is 12.1 Å². The molecule has 78 valence electrons. The minimum Gasteiger partial charge on any atom is -0.370 e. The lowest BCUT2D eigenvalue weighted by atomic mass is 10.3. The molecule has 0 bridgehead atoms. The number of nitrogens with zero attached hydrogens (tertiary/aromatic N) is 2. The molecule has 0 aliphatic carbocycles. The summed E-state index contributed by atoms with van der Waals surface area (Å²) < 4.78 is 0. The molecule has 2 aromatic rings. The van der Waals surface area contributed by atoms with Crippen LogP contribution < -0.4 is 5.32 Å². The van der Waals surface area contributed by atoms with Crippen LogP contribution in [0.5, 0.6) is 0 Å². The molecule has 0 amide bonds. The van der Waals surface area contributed by atoms with Crippen molar-refractivity contribution >= 4 is 17.4 Å². The lowest BCUT2D eigenvalue weighted by Gasteiger charge is -2.03. The van der Waals surface area contributed by atoms with Gasteiger partial charge in [0, 0.05) is 24.9 Å². The highest BCUT2D eigenvalue weighted by molar-refractivity contribution is 6.29. The highest BCUT2D eigenvalue weighted by Crippen LogP contribution is 2.08. The summed E-state index contributed by atoms with van der Waals surface area (Å²) in [4.78, 5) is 11.1. The molecule has 0 atom stereocenters. The second-order valence-corrected chi connectivity index (χ2v) is 3.49. The van der Waals surface area contributed by atoms with Crippen LogP contribution in [0.4, 0.5) is 5.82 Å². The van der Waals surface area contributed by atoms with Crippen molar-refractivity contribution in [2.45, 2.75) is 6.42 Å². The van der Waals surface area contributed by atoms with E-state index in [0.29, 0.717) is 5.15 Å². The molecule has 0 saturated heterocycles. The molecule has 5 heteroatoms. The van der Waals surface area contributed by atoms with Gasteiger partial charge in [0.25, 0.3) is 0 Å². The summed E-state index contributed by atoms with van der Waals surface area (Å²) in [6.07, 6.45) is 4.37. The number of nitrogens with one attached hydrogen (secondary N) is 2. The molecule has 2 heterocycles. The Balaban J connectivity index is 1.83. The lowest BCUT2D eigenvalue weighted by Crippen LogP contribution is -2.06. The Morgan fingerprint density at radius 3 is 3.07 bits per heavy atom. The van der Waals surface area contributed by atoms with E-state index in [1.165, 1.54) is 0 Å². The van der Waals surface area contributed by atoms with Gasteiger partial charge < -0.3 is 10.3 Å². The number of imidazole rings is 1. The highest BCUT2D eigenvalue weighted by atomic mass is 35.5. The summed E-state index contributed by atoms with van der Waals surface area (Å²) in [6.45, 7) is 0.801. The Morgan fingerprint density at radius 2 is 2.33 bits per heavy atom. The summed E-state index contributed by atoms with van der Waals surface area (Å²) >= 11 is 5.76. The van der Waals surface area contributed by atoms with Gasteiger partial charge in [0.2, 0.25) is 0 Å². The van der Waals surface area contributed by atoms with Crippen LogP contribution in [-0.2, 0) is 6.42 Å². The van der Waals surface area contributed by atoms with Gasteiger partial charge in [-0.1, -0.05) is 17.7 Å². The van der Waals surface area contributed by atoms with Gasteiger partial charge in [-0.3, -0.25) is 0 Å². The van der Waals surface area contributed by atoms with E-state index in [9.17, 15) is 0 Å². The number of rotatable bonds is 4. The second kappa shape index (κ2) is 4.79. The van der Waals surface area contributed by atoms with Crippen molar-refractivity contribution in [3.63, 3.8) is 0 Å². The molecule has 0 fully saturated rings. The zero-order valence-electron chi connectivity index (χ0n) is 8.07. The van der Waals surface area contributed by atoms with Crippen LogP contribution in [0.25, 0.3) is 0 Å². The molecule has 4 nitrogen and oxygen atoms in total. The monoisotopic (exact) mass is 222 g/mol. The molecule has 0 aliphatic heterocycles. The van der Waals surface area contributed by atoms with E-state index in [2.05, 4.69) is 20.3 Å². The predicted molar refractivity (Wildman–Crippen MR) is 60.0 cm³/mol. The first kappa shape index (κ1) is 9.98. The van der Waals surface area contributed by atoms with Gasteiger partial charge in [0.05, 0.1) is 6.33 Å². The molecule has 15 heavy (non-hydrogen) atoms. The fraction of sp³-hybridized carbons (Fsp3) is 0.200. The number of hydrogen-bond donors (Lipinski definition) is 2. The van der Waals surface area contributed by atoms with E-state index in [1.807, 2.05) is 18.3 Å². The minimum atomic E-state index is 0.501. The average molecular weight is 223 g/mol. The molecule has 0 saturated carbocycles. The largest absolute Gasteiger partial charge is 0.370 e. The smallest absolute Gasteiger partial charge is 0.131 e. The fourth-order valence-electron chi connectivity index (χ4n) is 1.25. The van der Waals surface area contributed by atoms with Crippen LogP contribution in [0.3, 0.4) is 0 Å². The SMILES string of the molecule is Clc1cccc(NCCc2cnc[nH]2)n1. The van der Waals surface area contributed by atoms with Crippen molar-refractivity contribution in [1.82, 2.24) is 15.0 Å². The van der Waals surface area contributed by atoms with E-state index in [0.717, 1.165) is 24.5 Å². The third-order valence-corrected chi connectivity index (χ3v) is 2.18. The minimum absolute atomic E-state index is 0.501. The Hall–Kier alpha value is -1.55. The van der Waals surface area contributed by atoms with Crippen molar-refractivity contribution < 1.29 is 0 Å². The molecule has 0 aliphatic rings. The molecule has 0 spiro atoms. The second-order valence-electron chi connectivity index (χ2n) is 3.10. The summed E-state index contributed by atoms with van der Waals surface area (Å²) in [5.74, 6) is 0.794. The first-order valence-corrected chi connectivity index (χ1v) is 5.06. The maximum absolute atomic E-state index is 5.76. The van der Waals surface area contributed by atoms with E-state index in [-0.39, 0.29) is 0 Å². The van der Waals surface area contributed by atoms with E-state index >= 15 is 0 Å². The number of hydrogen-bond acceptors (Lipinski definition) is 3. The van der Waals surface area contributed by atoms with Crippen LogP contribution >= 0.6 is 11.6 Å². The number of halogens is 1. The first-order chi connectivity index (χ1) is 7.34. The van der Waals surface area contributed by atoms with Crippen LogP contribution in [0.15, 0.2) is 30.7 Å². The third-order valence-electron chi connectivity index (χ3n) is 1.97. The van der Waals surface area contributed by atoms with Crippen molar-refractivity contribution in [2.75, 3.05) is 11.9 Å². The zero-order valence-corrected chi connectivity index (χ0v) is 8.83. The Kier molecular flexibility index (Phi) is 3.19. The topological polar surface area (TPSA) is 53.6 Å². The van der Waals surface area contributed by atoms with Crippen molar-refractivity contribution in [3.05, 3.63) is 41.6 Å². The fourth-order valence-corrected chi connectivity index (χ4v) is 1.42. The first-order valence-electron chi connectivity index (χ1n) is 4.68. The van der Waals surface area contributed by atoms with Gasteiger partial charge in [-0.2, -0.15) is 0 Å². The highest BCUT2D eigenvalue weighted by Gasteiger charge is 1.96. The molecule has 0 radical (unpaired) electrons. The van der Waals surface area contributed by atoms with Crippen LogP contribution in [-0.4, -0.2) is 21.5 Å². The average Bonchev–Trinajstić information content (AvgIpc) is 2.71. The molecule has 2 aromatic heterocycles. The molecular formula is C10H11ClN4. The van der Waals surface area contributed by atoms with Crippen LogP contribution in [0.2, 0.25) is 5.15 Å². The Morgan fingerprint density at radius 1 is 1.40 bits per heavy atom. The van der Waals surface area contributed by atoms with Gasteiger partial charge in [0.15, 0.2) is 0 Å². The predicted octanol–water partition coefficient (Wildman–Crippen LogP) is 2.11. The van der Waals surface area contributed by atoms with Crippen LogP contribution in [0.1, 0.15) is 5.69 Å². The van der Waals surface area contributed by atoms with Crippen molar-refractivity contribution in [1.29, 1.82) is 0 Å². The lowest BCUT2D eigenvalue weighted by molar-refractivity contribution is 0.968. The van der Waals surface area contributed by atoms with E-state index in [4.69, 9.17) is 11.6 Å². The van der Waals surface area contributed by atoms with Crippen LogP contribution in [0, 0.1) is 0 Å². The zero-order chi connectivity index (χ0) is 10.5. The summed E-state index contributed by atoms with van der Waals surface area (Å²) in [5.41, 5.74) is 1.10. The molecular weight excluding hydrogens is 212 g/mol. The maximum atomic E-state index is 5.76. The van der Waals surface area contributed by atoms with Crippen molar-refractivity contribution in [2.24, 2.45) is 0 Å². The number of pyridine rings is 1. The normalized spacial score (nSPS) is 10.2.